The zero-order valence-corrected chi connectivity index (χ0v) is 12.3. The maximum atomic E-state index is 9.85. The summed E-state index contributed by atoms with van der Waals surface area (Å²) in [6, 6.07) is 7.36. The van der Waals surface area contributed by atoms with E-state index in [4.69, 9.17) is 0 Å². The van der Waals surface area contributed by atoms with Crippen LogP contribution < -0.4 is 5.32 Å². The van der Waals surface area contributed by atoms with Gasteiger partial charge >= 0.3 is 0 Å². The quantitative estimate of drug-likeness (QED) is 0.761. The monoisotopic (exact) mass is 278 g/mol. The zero-order chi connectivity index (χ0) is 14.4. The molecule has 2 rings (SSSR count). The number of nitrogens with one attached hydrogen (secondary N) is 1. The third kappa shape index (κ3) is 3.95. The van der Waals surface area contributed by atoms with Crippen LogP contribution >= 0.6 is 0 Å². The Balaban J connectivity index is 1.97. The molecule has 1 aromatic rings. The highest BCUT2D eigenvalue weighted by molar-refractivity contribution is 5.26. The number of aryl methyl sites for hydroxylation is 1. The van der Waals surface area contributed by atoms with E-state index in [-0.39, 0.29) is 12.1 Å². The summed E-state index contributed by atoms with van der Waals surface area (Å²) < 4.78 is 0. The van der Waals surface area contributed by atoms with E-state index in [1.54, 1.807) is 12.1 Å². The molecule has 1 atom stereocenters. The summed E-state index contributed by atoms with van der Waals surface area (Å²) in [6.07, 6.45) is 2.98. The fourth-order valence-corrected chi connectivity index (χ4v) is 2.80. The zero-order valence-electron chi connectivity index (χ0n) is 12.3. The molecule has 1 heterocycles. The lowest BCUT2D eigenvalue weighted by molar-refractivity contribution is 0.0412. The van der Waals surface area contributed by atoms with Crippen LogP contribution in [0.15, 0.2) is 24.3 Å². The molecule has 1 aliphatic rings. The van der Waals surface area contributed by atoms with Crippen LogP contribution in [0.4, 0.5) is 0 Å². The molecule has 0 amide bonds. The van der Waals surface area contributed by atoms with Crippen molar-refractivity contribution in [3.05, 3.63) is 29.8 Å². The number of aliphatic hydroxyl groups is 1. The van der Waals surface area contributed by atoms with Gasteiger partial charge in [-0.2, -0.15) is 0 Å². The lowest BCUT2D eigenvalue weighted by atomic mass is 9.91. The van der Waals surface area contributed by atoms with Gasteiger partial charge in [0.2, 0.25) is 0 Å². The summed E-state index contributed by atoms with van der Waals surface area (Å²) in [4.78, 5) is 2.41. The Morgan fingerprint density at radius 1 is 1.20 bits per heavy atom. The van der Waals surface area contributed by atoms with Crippen LogP contribution in [0, 0.1) is 0 Å². The smallest absolute Gasteiger partial charge is 0.115 e. The number of benzene rings is 1. The van der Waals surface area contributed by atoms with Crippen LogP contribution in [0.2, 0.25) is 0 Å². The second kappa shape index (κ2) is 7.07. The molecule has 112 valence electrons. The van der Waals surface area contributed by atoms with E-state index < -0.39 is 0 Å². The predicted octanol–water partition coefficient (Wildman–Crippen LogP) is 1.37. The Kier molecular flexibility index (Phi) is 5.40. The second-order valence-electron chi connectivity index (χ2n) is 5.91. The molecule has 3 N–H and O–H groups in total. The molecular formula is C16H26N2O2. The average molecular weight is 278 g/mol. The minimum atomic E-state index is -0.163. The number of nitrogens with zero attached hydrogens (tertiary/aromatic N) is 1. The summed E-state index contributed by atoms with van der Waals surface area (Å²) in [5.41, 5.74) is 1.04. The van der Waals surface area contributed by atoms with Crippen molar-refractivity contribution in [1.82, 2.24) is 10.2 Å². The number of rotatable bonds is 5. The average Bonchev–Trinajstić information content (AvgIpc) is 2.76. The van der Waals surface area contributed by atoms with E-state index in [0.717, 1.165) is 45.4 Å². The van der Waals surface area contributed by atoms with E-state index in [1.165, 1.54) is 5.56 Å². The molecule has 1 fully saturated rings. The van der Waals surface area contributed by atoms with Gasteiger partial charge in [0.1, 0.15) is 5.75 Å². The van der Waals surface area contributed by atoms with E-state index in [1.807, 2.05) is 12.1 Å². The number of phenols is 1. The predicted molar refractivity (Wildman–Crippen MR) is 81.0 cm³/mol. The normalized spacial score (nSPS) is 20.3. The summed E-state index contributed by atoms with van der Waals surface area (Å²) >= 11 is 0. The van der Waals surface area contributed by atoms with E-state index in [9.17, 15) is 10.2 Å². The Labute approximate surface area is 121 Å². The van der Waals surface area contributed by atoms with Gasteiger partial charge < -0.3 is 15.5 Å². The largest absolute Gasteiger partial charge is 0.508 e. The third-order valence-electron chi connectivity index (χ3n) is 4.33. The van der Waals surface area contributed by atoms with E-state index in [0.29, 0.717) is 5.75 Å². The first-order valence-electron chi connectivity index (χ1n) is 7.49. The number of aliphatic hydroxyl groups excluding tert-OH is 1. The standard InChI is InChI=1S/C16H26N2O2/c1-16(13-19,18-11-2-9-17-10-12-18)8-7-14-3-5-15(20)6-4-14/h3-6,17,19-20H,2,7-13H2,1H3. The molecular weight excluding hydrogens is 252 g/mol. The molecule has 0 aliphatic carbocycles. The van der Waals surface area contributed by atoms with Gasteiger partial charge in [0.15, 0.2) is 0 Å². The van der Waals surface area contributed by atoms with Crippen LogP contribution in [0.5, 0.6) is 5.75 Å². The molecule has 0 radical (unpaired) electrons. The van der Waals surface area contributed by atoms with Crippen LogP contribution in [0.3, 0.4) is 0 Å². The molecule has 20 heavy (non-hydrogen) atoms. The molecule has 0 bridgehead atoms. The van der Waals surface area contributed by atoms with Crippen molar-refractivity contribution in [2.75, 3.05) is 32.8 Å². The summed E-state index contributed by atoms with van der Waals surface area (Å²) in [7, 11) is 0. The third-order valence-corrected chi connectivity index (χ3v) is 4.33. The molecule has 1 saturated heterocycles. The first-order chi connectivity index (χ1) is 9.64. The Bertz CT molecular complexity index is 399. The van der Waals surface area contributed by atoms with Gasteiger partial charge in [-0.05, 0) is 50.4 Å². The fourth-order valence-electron chi connectivity index (χ4n) is 2.80. The molecule has 1 aliphatic heterocycles. The topological polar surface area (TPSA) is 55.7 Å². The summed E-state index contributed by atoms with van der Waals surface area (Å²) in [5, 5.41) is 22.6. The number of phenolic OH excluding ortho intramolecular Hbond substituents is 1. The highest BCUT2D eigenvalue weighted by atomic mass is 16.3. The second-order valence-corrected chi connectivity index (χ2v) is 5.91. The van der Waals surface area contributed by atoms with Gasteiger partial charge in [0, 0.05) is 25.2 Å². The van der Waals surface area contributed by atoms with Crippen molar-refractivity contribution in [3.63, 3.8) is 0 Å². The van der Waals surface area contributed by atoms with Crippen molar-refractivity contribution in [2.24, 2.45) is 0 Å². The van der Waals surface area contributed by atoms with Crippen molar-refractivity contribution in [1.29, 1.82) is 0 Å². The van der Waals surface area contributed by atoms with Crippen molar-refractivity contribution < 1.29 is 10.2 Å². The Morgan fingerprint density at radius 3 is 2.65 bits per heavy atom. The molecule has 4 heteroatoms. The highest BCUT2D eigenvalue weighted by Gasteiger charge is 2.30. The van der Waals surface area contributed by atoms with Gasteiger partial charge in [0.05, 0.1) is 6.61 Å². The molecule has 0 saturated carbocycles. The van der Waals surface area contributed by atoms with Gasteiger partial charge in [0.25, 0.3) is 0 Å². The van der Waals surface area contributed by atoms with Gasteiger partial charge in [-0.25, -0.2) is 0 Å². The van der Waals surface area contributed by atoms with Crippen molar-refractivity contribution in [3.8, 4) is 5.75 Å². The molecule has 4 nitrogen and oxygen atoms in total. The number of hydrogen-bond donors (Lipinski definition) is 3. The summed E-state index contributed by atoms with van der Waals surface area (Å²) in [5.74, 6) is 0.303. The van der Waals surface area contributed by atoms with Gasteiger partial charge in [-0.3, -0.25) is 4.90 Å². The van der Waals surface area contributed by atoms with Gasteiger partial charge in [-0.1, -0.05) is 12.1 Å². The number of hydrogen-bond acceptors (Lipinski definition) is 4. The van der Waals surface area contributed by atoms with Crippen LogP contribution in [0.25, 0.3) is 0 Å². The van der Waals surface area contributed by atoms with E-state index >= 15 is 0 Å². The van der Waals surface area contributed by atoms with Crippen LogP contribution in [-0.4, -0.2) is 53.4 Å². The maximum absolute atomic E-state index is 9.85. The van der Waals surface area contributed by atoms with Crippen molar-refractivity contribution in [2.45, 2.75) is 31.7 Å². The molecule has 1 unspecified atom stereocenters. The van der Waals surface area contributed by atoms with Crippen LogP contribution in [0.1, 0.15) is 25.3 Å². The first-order valence-corrected chi connectivity index (χ1v) is 7.49. The lowest BCUT2D eigenvalue weighted by Crippen LogP contribution is -2.50. The van der Waals surface area contributed by atoms with Gasteiger partial charge in [-0.15, -0.1) is 0 Å². The minimum absolute atomic E-state index is 0.163. The lowest BCUT2D eigenvalue weighted by Gasteiger charge is -2.39. The molecule has 1 aromatic carbocycles. The van der Waals surface area contributed by atoms with E-state index in [2.05, 4.69) is 17.1 Å². The fraction of sp³-hybridized carbons (Fsp3) is 0.625. The SMILES string of the molecule is CC(CO)(CCc1ccc(O)cc1)N1CCCNCC1. The molecule has 0 spiro atoms. The molecule has 0 aromatic heterocycles. The minimum Gasteiger partial charge on any atom is -0.508 e. The van der Waals surface area contributed by atoms with Crippen molar-refractivity contribution >= 4 is 0 Å². The van der Waals surface area contributed by atoms with Crippen LogP contribution in [-0.2, 0) is 6.42 Å². The highest BCUT2D eigenvalue weighted by Crippen LogP contribution is 2.23. The maximum Gasteiger partial charge on any atom is 0.115 e. The Morgan fingerprint density at radius 2 is 1.95 bits per heavy atom. The summed E-state index contributed by atoms with van der Waals surface area (Å²) in [6.45, 7) is 6.43. The first kappa shape index (κ1) is 15.3. The number of aromatic hydroxyl groups is 1. The Hall–Kier alpha value is -1.10.